The van der Waals surface area contributed by atoms with Crippen LogP contribution in [0, 0.1) is 0 Å². The van der Waals surface area contributed by atoms with E-state index in [1.54, 1.807) is 0 Å². The van der Waals surface area contributed by atoms with Crippen LogP contribution in [-0.2, 0) is 6.18 Å². The van der Waals surface area contributed by atoms with Gasteiger partial charge in [0.2, 0.25) is 0 Å². The van der Waals surface area contributed by atoms with E-state index in [9.17, 15) is 18.3 Å². The molecule has 3 nitrogen and oxygen atoms in total. The smallest absolute Gasteiger partial charge is 0.394 e. The highest BCUT2D eigenvalue weighted by atomic mass is 19.4. The Bertz CT molecular complexity index is 677. The van der Waals surface area contributed by atoms with E-state index in [4.69, 9.17) is 0 Å². The molecule has 0 saturated carbocycles. The molecule has 1 fully saturated rings. The lowest BCUT2D eigenvalue weighted by atomic mass is 9.99. The van der Waals surface area contributed by atoms with E-state index >= 15 is 0 Å². The second kappa shape index (κ2) is 7.56. The van der Waals surface area contributed by atoms with Crippen LogP contribution >= 0.6 is 0 Å². The molecule has 1 aliphatic rings. The first-order chi connectivity index (χ1) is 12.0. The summed E-state index contributed by atoms with van der Waals surface area (Å²) >= 11 is 0. The highest BCUT2D eigenvalue weighted by Crippen LogP contribution is 2.31. The number of nitrogens with one attached hydrogen (secondary N) is 1. The minimum absolute atomic E-state index is 0.0413. The van der Waals surface area contributed by atoms with Gasteiger partial charge in [-0.05, 0) is 28.8 Å². The lowest BCUT2D eigenvalue weighted by molar-refractivity contribution is -0.137. The van der Waals surface area contributed by atoms with Gasteiger partial charge in [-0.15, -0.1) is 0 Å². The van der Waals surface area contributed by atoms with Crippen molar-refractivity contribution in [2.24, 2.45) is 0 Å². The van der Waals surface area contributed by atoms with Crippen LogP contribution < -0.4 is 5.32 Å². The number of halogens is 3. The van der Waals surface area contributed by atoms with Gasteiger partial charge < -0.3 is 10.4 Å². The van der Waals surface area contributed by atoms with Gasteiger partial charge in [0.05, 0.1) is 18.2 Å². The van der Waals surface area contributed by atoms with Crippen LogP contribution in [0.25, 0.3) is 11.1 Å². The molecule has 0 aliphatic carbocycles. The maximum Gasteiger partial charge on any atom is 0.416 e. The maximum atomic E-state index is 12.6. The number of rotatable bonds is 4. The van der Waals surface area contributed by atoms with Gasteiger partial charge >= 0.3 is 6.18 Å². The largest absolute Gasteiger partial charge is 0.416 e. The van der Waals surface area contributed by atoms with Crippen molar-refractivity contribution in [3.8, 4) is 11.1 Å². The van der Waals surface area contributed by atoms with Gasteiger partial charge in [0.25, 0.3) is 0 Å². The number of aliphatic hydroxyl groups is 1. The van der Waals surface area contributed by atoms with E-state index in [0.29, 0.717) is 0 Å². The van der Waals surface area contributed by atoms with E-state index in [1.165, 1.54) is 12.1 Å². The fourth-order valence-corrected chi connectivity index (χ4v) is 3.17. The Kier molecular flexibility index (Phi) is 5.42. The van der Waals surface area contributed by atoms with Crippen LogP contribution in [0.3, 0.4) is 0 Å². The molecule has 1 saturated heterocycles. The molecule has 0 spiro atoms. The van der Waals surface area contributed by atoms with Crippen molar-refractivity contribution < 1.29 is 18.3 Å². The summed E-state index contributed by atoms with van der Waals surface area (Å²) in [7, 11) is 0. The molecule has 1 aliphatic heterocycles. The zero-order valence-electron chi connectivity index (χ0n) is 13.8. The van der Waals surface area contributed by atoms with Crippen LogP contribution in [0.5, 0.6) is 0 Å². The molecule has 0 amide bonds. The number of benzene rings is 2. The molecule has 2 N–H and O–H groups in total. The second-order valence-electron chi connectivity index (χ2n) is 6.18. The first kappa shape index (κ1) is 17.9. The van der Waals surface area contributed by atoms with Crippen molar-refractivity contribution in [1.82, 2.24) is 10.2 Å². The third-order valence-corrected chi connectivity index (χ3v) is 4.61. The molecule has 0 radical (unpaired) electrons. The maximum absolute atomic E-state index is 12.6. The van der Waals surface area contributed by atoms with Gasteiger partial charge in [0.15, 0.2) is 0 Å². The SMILES string of the molecule is OC[C@H](c1ccc(-c2ccc(C(F)(F)F)cc2)cc1)N1CCNCC1. The molecular weight excluding hydrogens is 329 g/mol. The predicted molar refractivity (Wildman–Crippen MR) is 91.1 cm³/mol. The number of aliphatic hydroxyl groups excluding tert-OH is 1. The Morgan fingerprint density at radius 1 is 0.920 bits per heavy atom. The molecule has 6 heteroatoms. The first-order valence-electron chi connectivity index (χ1n) is 8.32. The van der Waals surface area contributed by atoms with Crippen LogP contribution in [-0.4, -0.2) is 42.8 Å². The molecule has 0 bridgehead atoms. The van der Waals surface area contributed by atoms with Crippen LogP contribution in [0.4, 0.5) is 13.2 Å². The highest BCUT2D eigenvalue weighted by molar-refractivity contribution is 5.64. The second-order valence-corrected chi connectivity index (χ2v) is 6.18. The summed E-state index contributed by atoms with van der Waals surface area (Å²) in [6.07, 6.45) is -4.32. The van der Waals surface area contributed by atoms with Gasteiger partial charge in [0.1, 0.15) is 0 Å². The van der Waals surface area contributed by atoms with E-state index < -0.39 is 11.7 Å². The van der Waals surface area contributed by atoms with E-state index in [0.717, 1.165) is 55.0 Å². The van der Waals surface area contributed by atoms with Crippen molar-refractivity contribution >= 4 is 0 Å². The number of hydrogen-bond acceptors (Lipinski definition) is 3. The highest BCUT2D eigenvalue weighted by Gasteiger charge is 2.30. The van der Waals surface area contributed by atoms with Crippen LogP contribution in [0.2, 0.25) is 0 Å². The summed E-state index contributed by atoms with van der Waals surface area (Å²) < 4.78 is 37.9. The summed E-state index contributed by atoms with van der Waals surface area (Å²) in [5.41, 5.74) is 1.96. The van der Waals surface area contributed by atoms with Crippen molar-refractivity contribution in [1.29, 1.82) is 0 Å². The molecule has 3 rings (SSSR count). The van der Waals surface area contributed by atoms with Crippen molar-refractivity contribution in [3.05, 3.63) is 59.7 Å². The standard InChI is InChI=1S/C19H21F3N2O/c20-19(21,22)17-7-5-15(6-8-17)14-1-3-16(4-2-14)18(13-25)24-11-9-23-10-12-24/h1-8,18,23,25H,9-13H2/t18-/m1/s1. The third kappa shape index (κ3) is 4.21. The molecule has 0 unspecified atom stereocenters. The molecule has 1 heterocycles. The summed E-state index contributed by atoms with van der Waals surface area (Å²) in [6, 6.07) is 12.8. The van der Waals surface area contributed by atoms with E-state index in [-0.39, 0.29) is 12.6 Å². The molecule has 25 heavy (non-hydrogen) atoms. The average Bonchev–Trinajstić information content (AvgIpc) is 2.63. The van der Waals surface area contributed by atoms with Gasteiger partial charge in [-0.3, -0.25) is 4.90 Å². The number of piperazine rings is 1. The van der Waals surface area contributed by atoms with Crippen molar-refractivity contribution in [2.45, 2.75) is 12.2 Å². The first-order valence-corrected chi connectivity index (χ1v) is 8.32. The van der Waals surface area contributed by atoms with Crippen LogP contribution in [0.15, 0.2) is 48.5 Å². The molecule has 2 aromatic carbocycles. The summed E-state index contributed by atoms with van der Waals surface area (Å²) in [5.74, 6) is 0. The minimum atomic E-state index is -4.32. The Balaban J connectivity index is 1.77. The number of hydrogen-bond donors (Lipinski definition) is 2. The van der Waals surface area contributed by atoms with Crippen molar-refractivity contribution in [2.75, 3.05) is 32.8 Å². The molecule has 2 aromatic rings. The van der Waals surface area contributed by atoms with Gasteiger partial charge in [-0.1, -0.05) is 36.4 Å². The molecule has 1 atom stereocenters. The summed E-state index contributed by atoms with van der Waals surface area (Å²) in [6.45, 7) is 3.61. The normalized spacial score (nSPS) is 17.4. The minimum Gasteiger partial charge on any atom is -0.394 e. The third-order valence-electron chi connectivity index (χ3n) is 4.61. The number of nitrogens with zero attached hydrogens (tertiary/aromatic N) is 1. The van der Waals surface area contributed by atoms with Gasteiger partial charge in [0, 0.05) is 26.2 Å². The fourth-order valence-electron chi connectivity index (χ4n) is 3.17. The molecule has 0 aromatic heterocycles. The Morgan fingerprint density at radius 2 is 1.44 bits per heavy atom. The Labute approximate surface area is 145 Å². The van der Waals surface area contributed by atoms with Crippen molar-refractivity contribution in [3.63, 3.8) is 0 Å². The number of alkyl halides is 3. The van der Waals surface area contributed by atoms with E-state index in [2.05, 4.69) is 10.2 Å². The average molecular weight is 350 g/mol. The van der Waals surface area contributed by atoms with Gasteiger partial charge in [-0.2, -0.15) is 13.2 Å². The summed E-state index contributed by atoms with van der Waals surface area (Å²) in [5, 5.41) is 13.0. The topological polar surface area (TPSA) is 35.5 Å². The Hall–Kier alpha value is -1.89. The fraction of sp³-hybridized carbons (Fsp3) is 0.368. The quantitative estimate of drug-likeness (QED) is 0.888. The van der Waals surface area contributed by atoms with Crippen LogP contribution in [0.1, 0.15) is 17.2 Å². The monoisotopic (exact) mass is 350 g/mol. The van der Waals surface area contributed by atoms with Gasteiger partial charge in [-0.25, -0.2) is 0 Å². The molecular formula is C19H21F3N2O. The molecule has 134 valence electrons. The Morgan fingerprint density at radius 3 is 1.92 bits per heavy atom. The summed E-state index contributed by atoms with van der Waals surface area (Å²) in [4.78, 5) is 2.24. The lowest BCUT2D eigenvalue weighted by Gasteiger charge is -2.34. The zero-order valence-corrected chi connectivity index (χ0v) is 13.8. The predicted octanol–water partition coefficient (Wildman–Crippen LogP) is 3.31. The lowest BCUT2D eigenvalue weighted by Crippen LogP contribution is -2.46. The van der Waals surface area contributed by atoms with E-state index in [1.807, 2.05) is 24.3 Å². The zero-order chi connectivity index (χ0) is 17.9.